The summed E-state index contributed by atoms with van der Waals surface area (Å²) in [7, 11) is 1.20. The molecule has 5 nitrogen and oxygen atoms in total. The van der Waals surface area contributed by atoms with E-state index in [-0.39, 0.29) is 23.7 Å². The number of phenols is 1. The number of rotatable bonds is 2. The van der Waals surface area contributed by atoms with Crippen molar-refractivity contribution >= 4 is 18.4 Å². The predicted molar refractivity (Wildman–Crippen MR) is 59.0 cm³/mol. The average molecular weight is 243 g/mol. The SMILES string of the molecule is COC(=O)[C@H](N)c1cc(C#N)ccc1O.Cl. The van der Waals surface area contributed by atoms with Gasteiger partial charge < -0.3 is 15.6 Å². The van der Waals surface area contributed by atoms with Crippen molar-refractivity contribution in [2.45, 2.75) is 6.04 Å². The Bertz CT molecular complexity index is 429. The van der Waals surface area contributed by atoms with Gasteiger partial charge in [-0.2, -0.15) is 5.26 Å². The Balaban J connectivity index is 0.00000225. The third-order valence-electron chi connectivity index (χ3n) is 1.95. The molecule has 0 unspecified atom stereocenters. The Kier molecular flexibility index (Phi) is 5.30. The second-order valence-corrected chi connectivity index (χ2v) is 2.89. The number of phenolic OH excluding ortho intramolecular Hbond substituents is 1. The van der Waals surface area contributed by atoms with Crippen LogP contribution in [-0.4, -0.2) is 18.2 Å². The molecule has 1 rings (SSSR count). The number of methoxy groups -OCH3 is 1. The summed E-state index contributed by atoms with van der Waals surface area (Å²) in [5.74, 6) is -0.799. The summed E-state index contributed by atoms with van der Waals surface area (Å²) in [6, 6.07) is 4.91. The summed E-state index contributed by atoms with van der Waals surface area (Å²) in [5, 5.41) is 18.1. The van der Waals surface area contributed by atoms with E-state index in [0.717, 1.165) is 0 Å². The maximum atomic E-state index is 11.1. The van der Waals surface area contributed by atoms with E-state index in [9.17, 15) is 9.90 Å². The van der Waals surface area contributed by atoms with Crippen LogP contribution in [0.5, 0.6) is 5.75 Å². The number of aromatic hydroxyl groups is 1. The number of nitrogens with zero attached hydrogens (tertiary/aromatic N) is 1. The molecule has 3 N–H and O–H groups in total. The highest BCUT2D eigenvalue weighted by Gasteiger charge is 2.19. The van der Waals surface area contributed by atoms with Gasteiger partial charge in [0, 0.05) is 5.56 Å². The van der Waals surface area contributed by atoms with Crippen molar-refractivity contribution in [3.05, 3.63) is 29.3 Å². The molecular formula is C10H11ClN2O3. The quantitative estimate of drug-likeness (QED) is 0.750. The van der Waals surface area contributed by atoms with Crippen LogP contribution < -0.4 is 5.73 Å². The van der Waals surface area contributed by atoms with Gasteiger partial charge in [-0.25, -0.2) is 0 Å². The smallest absolute Gasteiger partial charge is 0.327 e. The highest BCUT2D eigenvalue weighted by atomic mass is 35.5. The summed E-state index contributed by atoms with van der Waals surface area (Å²) in [5.41, 5.74) is 6.03. The van der Waals surface area contributed by atoms with Gasteiger partial charge in [0.2, 0.25) is 0 Å². The number of ether oxygens (including phenoxy) is 1. The van der Waals surface area contributed by atoms with Gasteiger partial charge >= 0.3 is 5.97 Å². The van der Waals surface area contributed by atoms with Gasteiger partial charge in [0.15, 0.2) is 0 Å². The van der Waals surface area contributed by atoms with Gasteiger partial charge in [0.05, 0.1) is 18.7 Å². The molecular weight excluding hydrogens is 232 g/mol. The molecule has 0 aliphatic rings. The lowest BCUT2D eigenvalue weighted by Gasteiger charge is -2.11. The van der Waals surface area contributed by atoms with Gasteiger partial charge in [-0.15, -0.1) is 12.4 Å². The molecule has 0 aromatic heterocycles. The number of carbonyl (C=O) groups is 1. The fourth-order valence-corrected chi connectivity index (χ4v) is 1.13. The zero-order valence-electron chi connectivity index (χ0n) is 8.51. The standard InChI is InChI=1S/C10H10N2O3.ClH/c1-15-10(14)9(12)7-4-6(5-11)2-3-8(7)13;/h2-4,9,13H,12H2,1H3;1H/t9-;/m1./s1. The Hall–Kier alpha value is -1.77. The van der Waals surface area contributed by atoms with Crippen molar-refractivity contribution in [1.29, 1.82) is 5.26 Å². The number of nitrogens with two attached hydrogens (primary N) is 1. The minimum atomic E-state index is -1.08. The van der Waals surface area contributed by atoms with Gasteiger partial charge in [0.25, 0.3) is 0 Å². The summed E-state index contributed by atoms with van der Waals surface area (Å²) >= 11 is 0. The Labute approximate surface area is 98.8 Å². The van der Waals surface area contributed by atoms with E-state index in [1.165, 1.54) is 25.3 Å². The molecule has 0 aliphatic carbocycles. The number of hydrogen-bond donors (Lipinski definition) is 2. The van der Waals surface area contributed by atoms with Crippen molar-refractivity contribution in [2.75, 3.05) is 7.11 Å². The Morgan fingerprint density at radius 3 is 2.75 bits per heavy atom. The van der Waals surface area contributed by atoms with Crippen LogP contribution >= 0.6 is 12.4 Å². The molecule has 0 bridgehead atoms. The molecule has 1 atom stereocenters. The van der Waals surface area contributed by atoms with Gasteiger partial charge in [-0.1, -0.05) is 0 Å². The molecule has 0 amide bonds. The molecule has 6 heteroatoms. The largest absolute Gasteiger partial charge is 0.508 e. The number of carbonyl (C=O) groups excluding carboxylic acids is 1. The van der Waals surface area contributed by atoms with Crippen molar-refractivity contribution in [3.8, 4) is 11.8 Å². The number of halogens is 1. The molecule has 0 fully saturated rings. The number of esters is 1. The lowest BCUT2D eigenvalue weighted by atomic mass is 10.0. The molecule has 0 saturated heterocycles. The van der Waals surface area contributed by atoms with E-state index in [1.54, 1.807) is 0 Å². The van der Waals surface area contributed by atoms with Crippen LogP contribution in [0, 0.1) is 11.3 Å². The first kappa shape index (κ1) is 14.2. The van der Waals surface area contributed by atoms with Crippen LogP contribution in [0.2, 0.25) is 0 Å². The minimum absolute atomic E-state index is 0. The monoisotopic (exact) mass is 242 g/mol. The first-order chi connectivity index (χ1) is 7.10. The van der Waals surface area contributed by atoms with Crippen molar-refractivity contribution in [1.82, 2.24) is 0 Å². The van der Waals surface area contributed by atoms with Crippen LogP contribution in [0.25, 0.3) is 0 Å². The molecule has 0 aliphatic heterocycles. The Morgan fingerprint density at radius 1 is 1.62 bits per heavy atom. The second-order valence-electron chi connectivity index (χ2n) is 2.89. The highest BCUT2D eigenvalue weighted by molar-refractivity contribution is 5.85. The van der Waals surface area contributed by atoms with Crippen LogP contribution in [0.4, 0.5) is 0 Å². The number of hydrogen-bond acceptors (Lipinski definition) is 5. The lowest BCUT2D eigenvalue weighted by Crippen LogP contribution is -2.22. The van der Waals surface area contributed by atoms with Crippen LogP contribution in [0.1, 0.15) is 17.2 Å². The zero-order chi connectivity index (χ0) is 11.4. The third-order valence-corrected chi connectivity index (χ3v) is 1.95. The summed E-state index contributed by atoms with van der Waals surface area (Å²) < 4.78 is 4.44. The Morgan fingerprint density at radius 2 is 2.25 bits per heavy atom. The fourth-order valence-electron chi connectivity index (χ4n) is 1.13. The van der Waals surface area contributed by atoms with Crippen molar-refractivity contribution in [3.63, 3.8) is 0 Å². The van der Waals surface area contributed by atoms with E-state index in [4.69, 9.17) is 11.0 Å². The van der Waals surface area contributed by atoms with Crippen molar-refractivity contribution in [2.24, 2.45) is 5.73 Å². The second kappa shape index (κ2) is 5.95. The van der Waals surface area contributed by atoms with E-state index >= 15 is 0 Å². The molecule has 16 heavy (non-hydrogen) atoms. The topological polar surface area (TPSA) is 96.3 Å². The third kappa shape index (κ3) is 2.86. The minimum Gasteiger partial charge on any atom is -0.508 e. The number of benzene rings is 1. The maximum absolute atomic E-state index is 11.1. The molecule has 86 valence electrons. The molecule has 0 heterocycles. The zero-order valence-corrected chi connectivity index (χ0v) is 9.32. The van der Waals surface area contributed by atoms with Gasteiger partial charge in [-0.05, 0) is 18.2 Å². The maximum Gasteiger partial charge on any atom is 0.327 e. The van der Waals surface area contributed by atoms with Gasteiger partial charge in [0.1, 0.15) is 11.8 Å². The summed E-state index contributed by atoms with van der Waals surface area (Å²) in [6.07, 6.45) is 0. The van der Waals surface area contributed by atoms with Crippen LogP contribution in [-0.2, 0) is 9.53 Å². The predicted octanol–water partition coefficient (Wildman–Crippen LogP) is 0.858. The van der Waals surface area contributed by atoms with Crippen molar-refractivity contribution < 1.29 is 14.6 Å². The molecule has 0 saturated carbocycles. The average Bonchev–Trinajstić information content (AvgIpc) is 2.27. The molecule has 0 radical (unpaired) electrons. The fraction of sp³-hybridized carbons (Fsp3) is 0.200. The van der Waals surface area contributed by atoms with E-state index in [2.05, 4.69) is 4.74 Å². The summed E-state index contributed by atoms with van der Waals surface area (Å²) in [4.78, 5) is 11.1. The molecule has 1 aromatic rings. The van der Waals surface area contributed by atoms with E-state index in [0.29, 0.717) is 5.56 Å². The first-order valence-electron chi connectivity index (χ1n) is 4.16. The number of nitriles is 1. The summed E-state index contributed by atoms with van der Waals surface area (Å²) in [6.45, 7) is 0. The molecule has 0 spiro atoms. The normalized spacial score (nSPS) is 10.8. The lowest BCUT2D eigenvalue weighted by molar-refractivity contribution is -0.142. The van der Waals surface area contributed by atoms with Crippen LogP contribution in [0.15, 0.2) is 18.2 Å². The van der Waals surface area contributed by atoms with Gasteiger partial charge in [-0.3, -0.25) is 4.79 Å². The molecule has 1 aromatic carbocycles. The highest BCUT2D eigenvalue weighted by Crippen LogP contribution is 2.24. The van der Waals surface area contributed by atoms with E-state index in [1.807, 2.05) is 6.07 Å². The first-order valence-corrected chi connectivity index (χ1v) is 4.16. The van der Waals surface area contributed by atoms with E-state index < -0.39 is 12.0 Å². The van der Waals surface area contributed by atoms with Crippen LogP contribution in [0.3, 0.4) is 0 Å².